The topological polar surface area (TPSA) is 119 Å². The van der Waals surface area contributed by atoms with Gasteiger partial charge in [0.1, 0.15) is 17.0 Å². The molecule has 4 aromatic heterocycles. The fourth-order valence-corrected chi connectivity index (χ4v) is 4.59. The van der Waals surface area contributed by atoms with Gasteiger partial charge in [0.2, 0.25) is 0 Å². The third-order valence-electron chi connectivity index (χ3n) is 3.57. The molecule has 0 fully saturated rings. The number of nitrogens with zero attached hydrogens (tertiary/aromatic N) is 5. The number of H-pyrrole nitrogens is 1. The third kappa shape index (κ3) is 5.21. The van der Waals surface area contributed by atoms with E-state index >= 15 is 0 Å². The molecule has 1 amide bonds. The van der Waals surface area contributed by atoms with Crippen molar-refractivity contribution in [2.75, 3.05) is 12.4 Å². The number of nitrogens with one attached hydrogen (secondary N) is 2. The van der Waals surface area contributed by atoms with Gasteiger partial charge in [-0.15, -0.1) is 21.5 Å². The predicted octanol–water partition coefficient (Wildman–Crippen LogP) is 3.75. The molecule has 12 heteroatoms. The quantitative estimate of drug-likeness (QED) is 0.408. The first-order valence-electron chi connectivity index (χ1n) is 8.59. The molecule has 0 spiro atoms. The summed E-state index contributed by atoms with van der Waals surface area (Å²) in [7, 11) is 1.60. The van der Waals surface area contributed by atoms with Crippen LogP contribution in [0.1, 0.15) is 16.2 Å². The summed E-state index contributed by atoms with van der Waals surface area (Å²) in [5.74, 6) is -0.347. The molecule has 0 bridgehead atoms. The fraction of sp³-hybridized carbons (Fsp3) is 0.111. The minimum Gasteiger partial charge on any atom is -0.378 e. The smallest absolute Gasteiger partial charge is 0.277 e. The van der Waals surface area contributed by atoms with Crippen LogP contribution in [0.4, 0.5) is 5.13 Å². The van der Waals surface area contributed by atoms with Gasteiger partial charge in [-0.2, -0.15) is 0 Å². The first-order chi connectivity index (χ1) is 14.7. The van der Waals surface area contributed by atoms with Gasteiger partial charge in [0.15, 0.2) is 10.3 Å². The highest BCUT2D eigenvalue weighted by atomic mass is 32.2. The van der Waals surface area contributed by atoms with E-state index in [-0.39, 0.29) is 11.6 Å². The Labute approximate surface area is 184 Å². The molecule has 0 aliphatic heterocycles. The van der Waals surface area contributed by atoms with Crippen LogP contribution >= 0.6 is 34.9 Å². The van der Waals surface area contributed by atoms with Crippen molar-refractivity contribution in [3.8, 4) is 0 Å². The van der Waals surface area contributed by atoms with E-state index in [9.17, 15) is 4.79 Å². The number of aromatic amines is 1. The molecule has 4 heterocycles. The SMILES string of the molecule is COCc1csc(NC(=O)c2nc(Sc3nnc[nH]3)ccc2Sc2cccnc2)n1. The van der Waals surface area contributed by atoms with Gasteiger partial charge in [0.05, 0.1) is 12.3 Å². The van der Waals surface area contributed by atoms with Crippen molar-refractivity contribution < 1.29 is 9.53 Å². The maximum Gasteiger partial charge on any atom is 0.277 e. The minimum absolute atomic E-state index is 0.289. The van der Waals surface area contributed by atoms with Crippen molar-refractivity contribution in [2.24, 2.45) is 0 Å². The number of thiazole rings is 1. The number of amides is 1. The Kier molecular flexibility index (Phi) is 6.69. The van der Waals surface area contributed by atoms with Gasteiger partial charge >= 0.3 is 0 Å². The molecule has 9 nitrogen and oxygen atoms in total. The molecule has 0 atom stereocenters. The van der Waals surface area contributed by atoms with Crippen molar-refractivity contribution >= 4 is 45.9 Å². The molecule has 152 valence electrons. The van der Waals surface area contributed by atoms with Crippen LogP contribution in [0.5, 0.6) is 0 Å². The van der Waals surface area contributed by atoms with E-state index in [0.29, 0.717) is 26.8 Å². The van der Waals surface area contributed by atoms with Crippen LogP contribution in [-0.2, 0) is 11.3 Å². The van der Waals surface area contributed by atoms with Crippen LogP contribution < -0.4 is 5.32 Å². The fourth-order valence-electron chi connectivity index (χ4n) is 2.34. The zero-order valence-electron chi connectivity index (χ0n) is 15.6. The van der Waals surface area contributed by atoms with Crippen molar-refractivity contribution in [2.45, 2.75) is 26.6 Å². The highest BCUT2D eigenvalue weighted by molar-refractivity contribution is 7.99. The maximum absolute atomic E-state index is 13.0. The average Bonchev–Trinajstić information content (AvgIpc) is 3.42. The predicted molar refractivity (Wildman–Crippen MR) is 114 cm³/mol. The summed E-state index contributed by atoms with van der Waals surface area (Å²) in [4.78, 5) is 30.6. The standard InChI is InChI=1S/C18H15N7O2S3/c1-27-8-11-9-28-18(22-11)24-16(26)15-13(29-12-3-2-6-19-7-12)4-5-14(23-15)30-17-20-10-21-25-17/h2-7,9-10H,8H2,1H3,(H,20,21,25)(H,22,24,26). The van der Waals surface area contributed by atoms with Gasteiger partial charge in [-0.05, 0) is 36.0 Å². The number of aromatic nitrogens is 6. The molecule has 4 aromatic rings. The van der Waals surface area contributed by atoms with Crippen LogP contribution in [0.15, 0.2) is 68.3 Å². The summed E-state index contributed by atoms with van der Waals surface area (Å²) in [6.45, 7) is 0.385. The lowest BCUT2D eigenvalue weighted by Crippen LogP contribution is -2.15. The molecule has 4 rings (SSSR count). The highest BCUT2D eigenvalue weighted by Gasteiger charge is 2.18. The molecule has 0 aliphatic carbocycles. The Morgan fingerprint density at radius 3 is 2.97 bits per heavy atom. The van der Waals surface area contributed by atoms with E-state index in [1.54, 1.807) is 19.5 Å². The zero-order chi connectivity index (χ0) is 20.8. The van der Waals surface area contributed by atoms with Gasteiger partial charge in [-0.3, -0.25) is 15.1 Å². The van der Waals surface area contributed by atoms with Gasteiger partial charge in [0.25, 0.3) is 5.91 Å². The number of hydrogen-bond donors (Lipinski definition) is 2. The van der Waals surface area contributed by atoms with Gasteiger partial charge in [-0.25, -0.2) is 9.97 Å². The van der Waals surface area contributed by atoms with Gasteiger partial charge in [0, 0.05) is 34.7 Å². The third-order valence-corrected chi connectivity index (χ3v) is 6.23. The Morgan fingerprint density at radius 1 is 1.27 bits per heavy atom. The Bertz CT molecular complexity index is 1120. The van der Waals surface area contributed by atoms with E-state index in [2.05, 4.69) is 35.5 Å². The first-order valence-corrected chi connectivity index (χ1v) is 11.1. The number of ether oxygens (including phenoxy) is 1. The molecule has 0 aliphatic rings. The molecule has 0 aromatic carbocycles. The van der Waals surface area contributed by atoms with Crippen molar-refractivity contribution in [3.05, 3.63) is 59.8 Å². The number of carbonyl (C=O) groups is 1. The average molecular weight is 458 g/mol. The Morgan fingerprint density at radius 2 is 2.20 bits per heavy atom. The maximum atomic E-state index is 13.0. The van der Waals surface area contributed by atoms with E-state index < -0.39 is 0 Å². The van der Waals surface area contributed by atoms with Crippen molar-refractivity contribution in [1.82, 2.24) is 30.1 Å². The minimum atomic E-state index is -0.347. The largest absolute Gasteiger partial charge is 0.378 e. The number of anilines is 1. The van der Waals surface area contributed by atoms with Crippen molar-refractivity contribution in [1.29, 1.82) is 0 Å². The summed E-state index contributed by atoms with van der Waals surface area (Å²) < 4.78 is 5.08. The molecule has 30 heavy (non-hydrogen) atoms. The van der Waals surface area contributed by atoms with E-state index in [1.165, 1.54) is 41.2 Å². The Hall–Kier alpha value is -2.80. The number of pyridine rings is 2. The van der Waals surface area contributed by atoms with Crippen molar-refractivity contribution in [3.63, 3.8) is 0 Å². The molecule has 0 saturated heterocycles. The van der Waals surface area contributed by atoms with Crippen LogP contribution in [0.2, 0.25) is 0 Å². The number of rotatable bonds is 8. The summed E-state index contributed by atoms with van der Waals surface area (Å²) in [5, 5.41) is 14.1. The number of hydrogen-bond acceptors (Lipinski definition) is 10. The van der Waals surface area contributed by atoms with Gasteiger partial charge in [-0.1, -0.05) is 11.8 Å². The second-order valence-electron chi connectivity index (χ2n) is 5.71. The molecule has 0 saturated carbocycles. The second-order valence-corrected chi connectivity index (χ2v) is 8.70. The van der Waals surface area contributed by atoms with E-state index in [4.69, 9.17) is 4.74 Å². The summed E-state index contributed by atoms with van der Waals surface area (Å²) in [6.07, 6.45) is 4.93. The first kappa shape index (κ1) is 20.5. The summed E-state index contributed by atoms with van der Waals surface area (Å²) in [6, 6.07) is 7.46. The van der Waals surface area contributed by atoms with Crippen LogP contribution in [0.25, 0.3) is 0 Å². The molecule has 0 radical (unpaired) electrons. The zero-order valence-corrected chi connectivity index (χ0v) is 18.1. The highest BCUT2D eigenvalue weighted by Crippen LogP contribution is 2.32. The number of carbonyl (C=O) groups excluding carboxylic acids is 1. The van der Waals surface area contributed by atoms with Crippen LogP contribution in [0, 0.1) is 0 Å². The lowest BCUT2D eigenvalue weighted by Gasteiger charge is -2.09. The normalized spacial score (nSPS) is 10.8. The monoisotopic (exact) mass is 457 g/mol. The second kappa shape index (κ2) is 9.80. The summed E-state index contributed by atoms with van der Waals surface area (Å²) >= 11 is 4.04. The Balaban J connectivity index is 1.61. The van der Waals surface area contributed by atoms with Crippen LogP contribution in [-0.4, -0.2) is 43.2 Å². The molecule has 2 N–H and O–H groups in total. The van der Waals surface area contributed by atoms with Gasteiger partial charge < -0.3 is 9.72 Å². The number of methoxy groups -OCH3 is 1. The lowest BCUT2D eigenvalue weighted by atomic mass is 10.3. The molecular weight excluding hydrogens is 442 g/mol. The van der Waals surface area contributed by atoms with Crippen LogP contribution in [0.3, 0.4) is 0 Å². The summed E-state index contributed by atoms with van der Waals surface area (Å²) in [5.41, 5.74) is 1.04. The lowest BCUT2D eigenvalue weighted by molar-refractivity contribution is 0.101. The molecular formula is C18H15N7O2S3. The van der Waals surface area contributed by atoms with E-state index in [0.717, 1.165) is 10.6 Å². The van der Waals surface area contributed by atoms with E-state index in [1.807, 2.05) is 29.6 Å². The molecule has 0 unspecified atom stereocenters.